The Balaban J connectivity index is 3.48. The zero-order valence-electron chi connectivity index (χ0n) is 7.20. The van der Waals surface area contributed by atoms with Gasteiger partial charge < -0.3 is 15.3 Å². The summed E-state index contributed by atoms with van der Waals surface area (Å²) in [6, 6.07) is 0. The lowest BCUT2D eigenvalue weighted by atomic mass is 10.0. The maximum atomic E-state index is 9.20. The van der Waals surface area contributed by atoms with Gasteiger partial charge in [-0.05, 0) is 13.3 Å². The summed E-state index contributed by atoms with van der Waals surface area (Å²) < 4.78 is 0. The molecule has 0 amide bonds. The van der Waals surface area contributed by atoms with Gasteiger partial charge in [-0.3, -0.25) is 0 Å². The first-order valence-corrected chi connectivity index (χ1v) is 4.12. The highest BCUT2D eigenvalue weighted by Crippen LogP contribution is 2.07. The summed E-state index contributed by atoms with van der Waals surface area (Å²) in [6.45, 7) is 3.49. The molecule has 0 aromatic carbocycles. The summed E-state index contributed by atoms with van der Waals surface area (Å²) in [5.74, 6) is 0. The average molecular weight is 162 g/mol. The van der Waals surface area contributed by atoms with Gasteiger partial charge in [-0.15, -0.1) is 0 Å². The van der Waals surface area contributed by atoms with Crippen LogP contribution in [-0.4, -0.2) is 33.6 Å². The second-order valence-electron chi connectivity index (χ2n) is 2.99. The molecule has 0 aromatic heterocycles. The van der Waals surface area contributed by atoms with Gasteiger partial charge in [0, 0.05) is 6.42 Å². The van der Waals surface area contributed by atoms with Crippen molar-refractivity contribution in [1.82, 2.24) is 0 Å². The molecular weight excluding hydrogens is 144 g/mol. The Hall–Kier alpha value is -0.120. The number of hydrogen-bond donors (Lipinski definition) is 3. The molecule has 3 nitrogen and oxygen atoms in total. The second-order valence-corrected chi connectivity index (χ2v) is 2.99. The van der Waals surface area contributed by atoms with E-state index in [1.54, 1.807) is 0 Å². The Bertz CT molecular complexity index is 93.3. The third-order valence-electron chi connectivity index (χ3n) is 1.69. The van der Waals surface area contributed by atoms with Crippen LogP contribution in [0, 0.1) is 0 Å². The van der Waals surface area contributed by atoms with Crippen molar-refractivity contribution < 1.29 is 15.3 Å². The quantitative estimate of drug-likeness (QED) is 0.544. The van der Waals surface area contributed by atoms with Gasteiger partial charge in [0.1, 0.15) is 0 Å². The van der Waals surface area contributed by atoms with E-state index in [2.05, 4.69) is 0 Å². The predicted molar refractivity (Wildman–Crippen MR) is 43.2 cm³/mol. The molecule has 0 saturated carbocycles. The molecule has 0 rings (SSSR count). The molecule has 0 saturated heterocycles. The Morgan fingerprint density at radius 3 is 2.09 bits per heavy atom. The molecule has 0 radical (unpaired) electrons. The van der Waals surface area contributed by atoms with Crippen molar-refractivity contribution in [3.8, 4) is 0 Å². The summed E-state index contributed by atoms with van der Waals surface area (Å²) in [5, 5.41) is 27.2. The fourth-order valence-electron chi connectivity index (χ4n) is 0.927. The molecule has 3 atom stereocenters. The molecule has 0 bridgehead atoms. The maximum Gasteiger partial charge on any atom is 0.0820 e. The lowest BCUT2D eigenvalue weighted by Gasteiger charge is -2.16. The minimum absolute atomic E-state index is 0.269. The van der Waals surface area contributed by atoms with Crippen molar-refractivity contribution in [1.29, 1.82) is 0 Å². The second kappa shape index (κ2) is 5.52. The smallest absolute Gasteiger partial charge is 0.0820 e. The van der Waals surface area contributed by atoms with Gasteiger partial charge in [-0.25, -0.2) is 0 Å². The van der Waals surface area contributed by atoms with Crippen molar-refractivity contribution in [3.63, 3.8) is 0 Å². The highest BCUT2D eigenvalue weighted by atomic mass is 16.3. The number of aliphatic hydroxyl groups excluding tert-OH is 3. The summed E-state index contributed by atoms with van der Waals surface area (Å²) in [6.07, 6.45) is -0.175. The summed E-state index contributed by atoms with van der Waals surface area (Å²) in [5.41, 5.74) is 0. The molecule has 0 aliphatic carbocycles. The average Bonchev–Trinajstić information content (AvgIpc) is 1.87. The summed E-state index contributed by atoms with van der Waals surface area (Å²) >= 11 is 0. The Morgan fingerprint density at radius 1 is 1.18 bits per heavy atom. The zero-order valence-corrected chi connectivity index (χ0v) is 7.20. The van der Waals surface area contributed by atoms with E-state index in [-0.39, 0.29) is 6.42 Å². The van der Waals surface area contributed by atoms with E-state index in [4.69, 9.17) is 10.2 Å². The molecule has 0 aliphatic rings. The third kappa shape index (κ3) is 5.18. The van der Waals surface area contributed by atoms with E-state index < -0.39 is 18.3 Å². The van der Waals surface area contributed by atoms with Crippen LogP contribution < -0.4 is 0 Å². The topological polar surface area (TPSA) is 60.7 Å². The monoisotopic (exact) mass is 162 g/mol. The van der Waals surface area contributed by atoms with Crippen molar-refractivity contribution in [2.45, 2.75) is 51.4 Å². The van der Waals surface area contributed by atoms with E-state index in [1.807, 2.05) is 6.92 Å². The molecule has 0 fully saturated rings. The van der Waals surface area contributed by atoms with Gasteiger partial charge in [0.15, 0.2) is 0 Å². The number of rotatable bonds is 5. The highest BCUT2D eigenvalue weighted by molar-refractivity contribution is 4.67. The third-order valence-corrected chi connectivity index (χ3v) is 1.69. The first kappa shape index (κ1) is 10.9. The van der Waals surface area contributed by atoms with E-state index in [1.165, 1.54) is 6.92 Å². The molecule has 3 N–H and O–H groups in total. The Morgan fingerprint density at radius 2 is 1.73 bits per heavy atom. The molecule has 0 aliphatic heterocycles. The first-order valence-electron chi connectivity index (χ1n) is 4.12. The SMILES string of the molecule is CCCC(O)CC(O)C(C)O. The van der Waals surface area contributed by atoms with Crippen LogP contribution in [-0.2, 0) is 0 Å². The number of aliphatic hydroxyl groups is 3. The van der Waals surface area contributed by atoms with Crippen molar-refractivity contribution in [2.24, 2.45) is 0 Å². The van der Waals surface area contributed by atoms with Gasteiger partial charge in [-0.1, -0.05) is 13.3 Å². The lowest BCUT2D eigenvalue weighted by molar-refractivity contribution is -0.00463. The Labute approximate surface area is 67.7 Å². The molecular formula is C8H18O3. The molecule has 11 heavy (non-hydrogen) atoms. The van der Waals surface area contributed by atoms with Crippen LogP contribution in [0.2, 0.25) is 0 Å². The van der Waals surface area contributed by atoms with E-state index in [0.29, 0.717) is 6.42 Å². The van der Waals surface area contributed by atoms with E-state index >= 15 is 0 Å². The fraction of sp³-hybridized carbons (Fsp3) is 1.00. The molecule has 0 aromatic rings. The van der Waals surface area contributed by atoms with E-state index in [0.717, 1.165) is 6.42 Å². The molecule has 0 spiro atoms. The van der Waals surface area contributed by atoms with Gasteiger partial charge in [0.25, 0.3) is 0 Å². The van der Waals surface area contributed by atoms with Crippen LogP contribution in [0.3, 0.4) is 0 Å². The normalized spacial score (nSPS) is 19.4. The largest absolute Gasteiger partial charge is 0.393 e. The maximum absolute atomic E-state index is 9.20. The zero-order chi connectivity index (χ0) is 8.85. The summed E-state index contributed by atoms with van der Waals surface area (Å²) in [4.78, 5) is 0. The van der Waals surface area contributed by atoms with Crippen molar-refractivity contribution in [3.05, 3.63) is 0 Å². The first-order chi connectivity index (χ1) is 5.07. The van der Waals surface area contributed by atoms with Gasteiger partial charge in [0.05, 0.1) is 18.3 Å². The van der Waals surface area contributed by atoms with Crippen LogP contribution in [0.25, 0.3) is 0 Å². The standard InChI is InChI=1S/C8H18O3/c1-3-4-7(10)5-8(11)6(2)9/h6-11H,3-5H2,1-2H3. The van der Waals surface area contributed by atoms with Crippen LogP contribution in [0.5, 0.6) is 0 Å². The van der Waals surface area contributed by atoms with Crippen LogP contribution in [0.15, 0.2) is 0 Å². The van der Waals surface area contributed by atoms with Crippen LogP contribution >= 0.6 is 0 Å². The van der Waals surface area contributed by atoms with Crippen molar-refractivity contribution >= 4 is 0 Å². The molecule has 68 valence electrons. The molecule has 3 heteroatoms. The minimum Gasteiger partial charge on any atom is -0.393 e. The number of hydrogen-bond acceptors (Lipinski definition) is 3. The van der Waals surface area contributed by atoms with Crippen molar-refractivity contribution in [2.75, 3.05) is 0 Å². The molecule has 3 unspecified atom stereocenters. The van der Waals surface area contributed by atoms with Gasteiger partial charge in [-0.2, -0.15) is 0 Å². The van der Waals surface area contributed by atoms with Crippen LogP contribution in [0.1, 0.15) is 33.1 Å². The van der Waals surface area contributed by atoms with Gasteiger partial charge in [0.2, 0.25) is 0 Å². The van der Waals surface area contributed by atoms with Gasteiger partial charge >= 0.3 is 0 Å². The molecule has 0 heterocycles. The predicted octanol–water partition coefficient (Wildman–Crippen LogP) is 0.279. The highest BCUT2D eigenvalue weighted by Gasteiger charge is 2.15. The van der Waals surface area contributed by atoms with Crippen LogP contribution in [0.4, 0.5) is 0 Å². The fourth-order valence-corrected chi connectivity index (χ4v) is 0.927. The minimum atomic E-state index is -0.795. The Kier molecular flexibility index (Phi) is 5.46. The van der Waals surface area contributed by atoms with E-state index in [9.17, 15) is 5.11 Å². The lowest BCUT2D eigenvalue weighted by Crippen LogP contribution is -2.27. The summed E-state index contributed by atoms with van der Waals surface area (Å²) in [7, 11) is 0.